The van der Waals surface area contributed by atoms with Crippen LogP contribution in [0, 0.1) is 11.8 Å². The number of halogens is 1. The topological polar surface area (TPSA) is 134 Å². The molecule has 1 aromatic heterocycles. The number of carbonyl (C=O) groups excluding carboxylic acids is 1. The van der Waals surface area contributed by atoms with Crippen LogP contribution in [-0.2, 0) is 9.53 Å². The average Bonchev–Trinajstić information content (AvgIpc) is 2.98. The Bertz CT molecular complexity index is 809. The molecule has 0 aliphatic carbocycles. The predicted molar refractivity (Wildman–Crippen MR) is 95.9 cm³/mol. The molecule has 0 bridgehead atoms. The Morgan fingerprint density at radius 2 is 2.27 bits per heavy atom. The van der Waals surface area contributed by atoms with Crippen LogP contribution in [0.15, 0.2) is 15.8 Å². The number of aromatic amines is 1. The lowest BCUT2D eigenvalue weighted by atomic mass is 10.2. The third-order valence-corrected chi connectivity index (χ3v) is 4.36. The van der Waals surface area contributed by atoms with Crippen molar-refractivity contribution in [1.82, 2.24) is 14.9 Å². The number of hydrogen-bond acceptors (Lipinski definition) is 6. The van der Waals surface area contributed by atoms with Crippen molar-refractivity contribution in [2.75, 3.05) is 18.5 Å². The molecule has 1 aliphatic rings. The molecule has 0 radical (unpaired) electrons. The minimum Gasteiger partial charge on any atom is -0.394 e. The number of amides is 1. The van der Waals surface area contributed by atoms with E-state index >= 15 is 0 Å². The van der Waals surface area contributed by atoms with Crippen molar-refractivity contribution in [2.45, 2.75) is 37.7 Å². The van der Waals surface area contributed by atoms with Crippen LogP contribution < -0.4 is 16.6 Å². The van der Waals surface area contributed by atoms with E-state index < -0.39 is 29.7 Å². The zero-order chi connectivity index (χ0) is 19.1. The largest absolute Gasteiger partial charge is 0.394 e. The van der Waals surface area contributed by atoms with Gasteiger partial charge in [0.15, 0.2) is 0 Å². The fourth-order valence-corrected chi connectivity index (χ4v) is 2.72. The molecule has 1 aromatic rings. The maximum atomic E-state index is 12.0. The molecular weight excluding hydrogens is 410 g/mol. The number of nitrogens with zero attached hydrogens (tertiary/aromatic N) is 1. The molecule has 1 saturated heterocycles. The second-order valence-corrected chi connectivity index (χ2v) is 6.49. The van der Waals surface area contributed by atoms with Crippen LogP contribution in [0.3, 0.4) is 0 Å². The second kappa shape index (κ2) is 9.68. The average molecular weight is 430 g/mol. The van der Waals surface area contributed by atoms with E-state index in [9.17, 15) is 19.5 Å². The van der Waals surface area contributed by atoms with Gasteiger partial charge in [0.2, 0.25) is 5.91 Å². The molecule has 4 N–H and O–H groups in total. The quantitative estimate of drug-likeness (QED) is 0.332. The van der Waals surface area contributed by atoms with E-state index in [0.717, 1.165) is 9.90 Å². The van der Waals surface area contributed by atoms with Gasteiger partial charge in [-0.1, -0.05) is 27.8 Å². The lowest BCUT2D eigenvalue weighted by Crippen LogP contribution is -2.33. The Morgan fingerprint density at radius 3 is 2.92 bits per heavy atom. The number of aromatic nitrogens is 2. The molecule has 2 rings (SSSR count). The molecule has 2 heterocycles. The van der Waals surface area contributed by atoms with E-state index in [2.05, 4.69) is 38.1 Å². The Kier molecular flexibility index (Phi) is 7.59. The van der Waals surface area contributed by atoms with Gasteiger partial charge < -0.3 is 20.3 Å². The molecule has 1 fully saturated rings. The van der Waals surface area contributed by atoms with Gasteiger partial charge in [0.1, 0.15) is 17.9 Å². The molecule has 0 aromatic carbocycles. The van der Waals surface area contributed by atoms with Gasteiger partial charge in [-0.25, -0.2) is 4.79 Å². The van der Waals surface area contributed by atoms with Crippen molar-refractivity contribution in [2.24, 2.45) is 0 Å². The molecule has 3 atom stereocenters. The lowest BCUT2D eigenvalue weighted by Gasteiger charge is -2.14. The summed E-state index contributed by atoms with van der Waals surface area (Å²) in [7, 11) is 0. The first-order valence-electron chi connectivity index (χ1n) is 8.07. The standard InChI is InChI=1S/C16H20BrN3O6/c17-5-1-4-13(23)18-6-2-3-10-8-20(16(25)19-15(10)24)14-7-11(22)12(9-21)26-14/h8,11-12,14,21-22H,1,4-7,9H2,(H,18,23)(H,19,24,25)/t11?,12-,14-/m0/s1. The van der Waals surface area contributed by atoms with Crippen molar-refractivity contribution >= 4 is 21.8 Å². The lowest BCUT2D eigenvalue weighted by molar-refractivity contribution is -0.120. The van der Waals surface area contributed by atoms with Gasteiger partial charge in [-0.05, 0) is 6.42 Å². The number of H-pyrrole nitrogens is 1. The van der Waals surface area contributed by atoms with E-state index in [4.69, 9.17) is 9.84 Å². The van der Waals surface area contributed by atoms with Crippen LogP contribution in [0.2, 0.25) is 0 Å². The third-order valence-electron chi connectivity index (χ3n) is 3.80. The molecule has 1 aliphatic heterocycles. The molecule has 142 valence electrons. The number of alkyl halides is 1. The van der Waals surface area contributed by atoms with E-state index in [1.807, 2.05) is 0 Å². The zero-order valence-corrected chi connectivity index (χ0v) is 15.5. The monoisotopic (exact) mass is 429 g/mol. The first-order chi connectivity index (χ1) is 12.5. The van der Waals surface area contributed by atoms with E-state index in [1.165, 1.54) is 6.20 Å². The molecule has 1 amide bonds. The van der Waals surface area contributed by atoms with Gasteiger partial charge in [-0.15, -0.1) is 0 Å². The number of aliphatic hydroxyl groups is 2. The van der Waals surface area contributed by atoms with Crippen molar-refractivity contribution in [1.29, 1.82) is 0 Å². The normalized spacial score (nSPS) is 21.9. The van der Waals surface area contributed by atoms with Crippen LogP contribution >= 0.6 is 15.9 Å². The van der Waals surface area contributed by atoms with E-state index in [-0.39, 0.29) is 31.0 Å². The number of rotatable bonds is 6. The second-order valence-electron chi connectivity index (χ2n) is 5.70. The molecule has 0 saturated carbocycles. The number of nitrogens with one attached hydrogen (secondary N) is 2. The fraction of sp³-hybridized carbons (Fsp3) is 0.562. The number of carbonyl (C=O) groups is 1. The third kappa shape index (κ3) is 5.28. The molecule has 1 unspecified atom stereocenters. The highest BCUT2D eigenvalue weighted by molar-refractivity contribution is 9.09. The Hall–Kier alpha value is -1.93. The fourth-order valence-electron chi connectivity index (χ4n) is 2.44. The summed E-state index contributed by atoms with van der Waals surface area (Å²) < 4.78 is 6.53. The summed E-state index contributed by atoms with van der Waals surface area (Å²) in [6, 6.07) is 0. The Balaban J connectivity index is 2.09. The predicted octanol–water partition coefficient (Wildman–Crippen LogP) is -1.18. The Labute approximate surface area is 157 Å². The van der Waals surface area contributed by atoms with Crippen LogP contribution in [-0.4, -0.2) is 56.4 Å². The summed E-state index contributed by atoms with van der Waals surface area (Å²) in [4.78, 5) is 37.5. The first kappa shape index (κ1) is 20.4. The minimum atomic E-state index is -0.909. The summed E-state index contributed by atoms with van der Waals surface area (Å²) in [5, 5.41) is 22.2. The minimum absolute atomic E-state index is 0.0323. The highest BCUT2D eigenvalue weighted by Gasteiger charge is 2.35. The Morgan fingerprint density at radius 1 is 1.50 bits per heavy atom. The smallest absolute Gasteiger partial charge is 0.330 e. The molecule has 9 nitrogen and oxygen atoms in total. The van der Waals surface area contributed by atoms with Gasteiger partial charge in [-0.3, -0.25) is 19.1 Å². The highest BCUT2D eigenvalue weighted by atomic mass is 79.9. The summed E-state index contributed by atoms with van der Waals surface area (Å²) >= 11 is 3.24. The van der Waals surface area contributed by atoms with Crippen molar-refractivity contribution < 1.29 is 19.7 Å². The zero-order valence-electron chi connectivity index (χ0n) is 13.9. The highest BCUT2D eigenvalue weighted by Crippen LogP contribution is 2.27. The van der Waals surface area contributed by atoms with Gasteiger partial charge >= 0.3 is 5.69 Å². The van der Waals surface area contributed by atoms with Gasteiger partial charge in [0, 0.05) is 24.4 Å². The number of hydrogen-bond donors (Lipinski definition) is 4. The summed E-state index contributed by atoms with van der Waals surface area (Å²) in [6.07, 6.45) is -0.0594. The van der Waals surface area contributed by atoms with Gasteiger partial charge in [-0.2, -0.15) is 0 Å². The van der Waals surface area contributed by atoms with Crippen LogP contribution in [0.5, 0.6) is 0 Å². The maximum Gasteiger partial charge on any atom is 0.330 e. The van der Waals surface area contributed by atoms with Gasteiger partial charge in [0.25, 0.3) is 5.56 Å². The van der Waals surface area contributed by atoms with Crippen molar-refractivity contribution in [3.63, 3.8) is 0 Å². The summed E-state index contributed by atoms with van der Waals surface area (Å²) in [5.74, 6) is 5.13. The van der Waals surface area contributed by atoms with E-state index in [1.54, 1.807) is 0 Å². The molecule has 26 heavy (non-hydrogen) atoms. The van der Waals surface area contributed by atoms with Gasteiger partial charge in [0.05, 0.1) is 19.3 Å². The van der Waals surface area contributed by atoms with Crippen molar-refractivity contribution in [3.8, 4) is 11.8 Å². The number of aliphatic hydroxyl groups excluding tert-OH is 2. The molecule has 0 spiro atoms. The SMILES string of the molecule is O=C(CCCBr)NCC#Cc1cn([C@@H]2CC(O)[C@H](CO)O2)c(=O)[nH]c1=O. The van der Waals surface area contributed by atoms with Crippen LogP contribution in [0.1, 0.15) is 31.1 Å². The summed E-state index contributed by atoms with van der Waals surface area (Å²) in [6.45, 7) is -0.303. The number of ether oxygens (including phenoxy) is 1. The van der Waals surface area contributed by atoms with Crippen LogP contribution in [0.25, 0.3) is 0 Å². The first-order valence-corrected chi connectivity index (χ1v) is 9.19. The van der Waals surface area contributed by atoms with Crippen LogP contribution in [0.4, 0.5) is 0 Å². The van der Waals surface area contributed by atoms with Crippen molar-refractivity contribution in [3.05, 3.63) is 32.6 Å². The molecule has 10 heteroatoms. The molecular formula is C16H20BrN3O6. The van der Waals surface area contributed by atoms with E-state index in [0.29, 0.717) is 12.8 Å². The summed E-state index contributed by atoms with van der Waals surface area (Å²) in [5.41, 5.74) is -1.31. The maximum absolute atomic E-state index is 12.0.